The van der Waals surface area contributed by atoms with Crippen molar-refractivity contribution in [2.75, 3.05) is 17.2 Å². The first-order valence-electron chi connectivity index (χ1n) is 15.1. The summed E-state index contributed by atoms with van der Waals surface area (Å²) in [5, 5.41) is 20.2. The van der Waals surface area contributed by atoms with Gasteiger partial charge in [-0.25, -0.2) is 0 Å². The third kappa shape index (κ3) is 8.59. The Morgan fingerprint density at radius 1 is 0.917 bits per heavy atom. The van der Waals surface area contributed by atoms with Gasteiger partial charge in [-0.2, -0.15) is 5.26 Å². The van der Waals surface area contributed by atoms with E-state index in [9.17, 15) is 19.6 Å². The Morgan fingerprint density at radius 2 is 1.62 bits per heavy atom. The van der Waals surface area contributed by atoms with Gasteiger partial charge >= 0.3 is 0 Å². The number of amides is 3. The van der Waals surface area contributed by atoms with Crippen LogP contribution in [0.1, 0.15) is 35.3 Å². The molecule has 0 saturated carbocycles. The fraction of sp³-hybridized carbons (Fsp3) is 0.105. The van der Waals surface area contributed by atoms with E-state index < -0.39 is 17.1 Å². The number of carbonyl (C=O) groups is 3. The molecule has 8 nitrogen and oxygen atoms in total. The molecule has 0 spiro atoms. The summed E-state index contributed by atoms with van der Waals surface area (Å²) >= 11 is 2.62. The topological polar surface area (TPSA) is 120 Å². The lowest BCUT2D eigenvalue weighted by Gasteiger charge is -2.14. The highest BCUT2D eigenvalue weighted by Gasteiger charge is 2.21. The minimum absolute atomic E-state index is 0.0286. The first-order valence-corrected chi connectivity index (χ1v) is 16.9. The highest BCUT2D eigenvalue weighted by molar-refractivity contribution is 8.00. The number of nitriles is 1. The molecule has 3 N–H and O–H groups in total. The molecule has 1 aromatic heterocycles. The number of nitrogens with zero attached hydrogens (tertiary/aromatic N) is 1. The number of thiophene rings is 1. The Balaban J connectivity index is 1.30. The van der Waals surface area contributed by atoms with Crippen molar-refractivity contribution >= 4 is 57.6 Å². The van der Waals surface area contributed by atoms with Crippen molar-refractivity contribution in [1.29, 1.82) is 5.26 Å². The largest absolute Gasteiger partial charge is 0.493 e. The molecule has 0 aliphatic carbocycles. The quantitative estimate of drug-likeness (QED) is 0.0908. The minimum Gasteiger partial charge on any atom is -0.493 e. The van der Waals surface area contributed by atoms with Crippen molar-refractivity contribution in [2.45, 2.75) is 24.0 Å². The lowest BCUT2D eigenvalue weighted by atomic mass is 10.1. The molecule has 1 atom stereocenters. The summed E-state index contributed by atoms with van der Waals surface area (Å²) < 4.78 is 5.73. The van der Waals surface area contributed by atoms with Crippen LogP contribution in [0.15, 0.2) is 125 Å². The number of nitrogens with one attached hydrogen (secondary N) is 3. The lowest BCUT2D eigenvalue weighted by Crippen LogP contribution is -2.30. The average Bonchev–Trinajstić information content (AvgIpc) is 3.52. The van der Waals surface area contributed by atoms with Crippen LogP contribution in [-0.2, 0) is 9.59 Å². The van der Waals surface area contributed by atoms with E-state index in [0.29, 0.717) is 39.7 Å². The van der Waals surface area contributed by atoms with Crippen molar-refractivity contribution in [3.8, 4) is 22.9 Å². The van der Waals surface area contributed by atoms with E-state index in [1.165, 1.54) is 23.1 Å². The number of carbonyl (C=O) groups excluding carboxylic acids is 3. The normalized spacial score (nSPS) is 11.6. The van der Waals surface area contributed by atoms with Crippen LogP contribution in [0.4, 0.5) is 10.7 Å². The molecule has 0 radical (unpaired) electrons. The number of anilines is 2. The first-order chi connectivity index (χ1) is 23.4. The maximum atomic E-state index is 13.6. The maximum absolute atomic E-state index is 13.6. The van der Waals surface area contributed by atoms with E-state index in [1.54, 1.807) is 67.6 Å². The number of ether oxygens (including phenoxy) is 1. The second-order valence-electron chi connectivity index (χ2n) is 10.4. The van der Waals surface area contributed by atoms with Gasteiger partial charge in [-0.05, 0) is 61.9 Å². The maximum Gasteiger partial charge on any atom is 0.272 e. The summed E-state index contributed by atoms with van der Waals surface area (Å²) in [6.45, 7) is 4.08. The molecule has 3 amide bonds. The van der Waals surface area contributed by atoms with Crippen molar-refractivity contribution in [2.24, 2.45) is 0 Å². The van der Waals surface area contributed by atoms with Crippen molar-refractivity contribution in [1.82, 2.24) is 5.32 Å². The second kappa shape index (κ2) is 16.3. The summed E-state index contributed by atoms with van der Waals surface area (Å²) in [6.07, 6.45) is 1.58. The zero-order chi connectivity index (χ0) is 33.9. The summed E-state index contributed by atoms with van der Waals surface area (Å²) in [5.74, 6) is -0.648. The molecule has 10 heteroatoms. The van der Waals surface area contributed by atoms with Gasteiger partial charge in [-0.1, -0.05) is 72.8 Å². The highest BCUT2D eigenvalue weighted by atomic mass is 32.2. The monoisotopic (exact) mass is 672 g/mol. The zero-order valence-corrected chi connectivity index (χ0v) is 27.9. The van der Waals surface area contributed by atoms with Crippen LogP contribution < -0.4 is 20.7 Å². The molecule has 1 heterocycles. The predicted octanol–water partition coefficient (Wildman–Crippen LogP) is 8.21. The Morgan fingerprint density at radius 3 is 2.35 bits per heavy atom. The zero-order valence-electron chi connectivity index (χ0n) is 26.2. The van der Waals surface area contributed by atoms with Crippen molar-refractivity contribution in [3.63, 3.8) is 0 Å². The molecule has 0 saturated heterocycles. The number of hydrogen-bond donors (Lipinski definition) is 3. The number of benzene rings is 4. The SMILES string of the molecule is CCOc1ccccc1/C=C(/NC(=O)c1ccccc1)C(=O)Nc1cccc(SC(C)C(=O)Nc2scc(-c3ccccc3)c2C#N)c1. The van der Waals surface area contributed by atoms with Gasteiger partial charge in [0, 0.05) is 32.7 Å². The van der Waals surface area contributed by atoms with Gasteiger partial charge in [0.05, 0.1) is 17.4 Å². The van der Waals surface area contributed by atoms with Gasteiger partial charge in [-0.3, -0.25) is 14.4 Å². The Kier molecular flexibility index (Phi) is 11.4. The van der Waals surface area contributed by atoms with E-state index in [2.05, 4.69) is 22.0 Å². The number of rotatable bonds is 12. The smallest absolute Gasteiger partial charge is 0.272 e. The minimum atomic E-state index is -0.533. The summed E-state index contributed by atoms with van der Waals surface area (Å²) in [5.41, 5.74) is 3.64. The fourth-order valence-electron chi connectivity index (χ4n) is 4.69. The molecule has 5 rings (SSSR count). The van der Waals surface area contributed by atoms with Crippen LogP contribution >= 0.6 is 23.1 Å². The van der Waals surface area contributed by atoms with Crippen LogP contribution in [-0.4, -0.2) is 29.6 Å². The third-order valence-electron chi connectivity index (χ3n) is 7.05. The molecule has 4 aromatic carbocycles. The fourth-order valence-corrected chi connectivity index (χ4v) is 6.54. The molecule has 0 aliphatic heterocycles. The average molecular weight is 673 g/mol. The second-order valence-corrected chi connectivity index (χ2v) is 12.7. The Bertz CT molecular complexity index is 1980. The molecule has 0 bridgehead atoms. The van der Waals surface area contributed by atoms with Crippen LogP contribution in [0, 0.1) is 11.3 Å². The molecule has 240 valence electrons. The van der Waals surface area contributed by atoms with Crippen molar-refractivity contribution < 1.29 is 19.1 Å². The van der Waals surface area contributed by atoms with E-state index in [0.717, 1.165) is 16.0 Å². The molecule has 0 fully saturated rings. The Hall–Kier alpha value is -5.63. The molecular weight excluding hydrogens is 641 g/mol. The van der Waals surface area contributed by atoms with E-state index in [1.807, 2.05) is 66.9 Å². The van der Waals surface area contributed by atoms with Crippen molar-refractivity contribution in [3.05, 3.63) is 137 Å². The van der Waals surface area contributed by atoms with E-state index in [4.69, 9.17) is 4.74 Å². The standard InChI is InChI=1S/C38H32N4O4S2/c1-3-46-34-20-11-10-17-28(34)21-33(41-36(44)27-15-8-5-9-16-27)37(45)40-29-18-12-19-30(22-29)48-25(2)35(43)42-38-31(23-39)32(24-47-38)26-13-6-4-7-14-26/h4-22,24-25H,3H2,1-2H3,(H,40,45)(H,41,44)(H,42,43)/b33-21+. The molecule has 1 unspecified atom stereocenters. The molecule has 0 aliphatic rings. The van der Waals surface area contributed by atoms with Gasteiger partial charge in [-0.15, -0.1) is 23.1 Å². The molecular formula is C38H32N4O4S2. The summed E-state index contributed by atoms with van der Waals surface area (Å²) in [6, 6.07) is 34.8. The first kappa shape index (κ1) is 33.7. The summed E-state index contributed by atoms with van der Waals surface area (Å²) in [7, 11) is 0. The van der Waals surface area contributed by atoms with Crippen LogP contribution in [0.5, 0.6) is 5.75 Å². The van der Waals surface area contributed by atoms with Crippen LogP contribution in [0.2, 0.25) is 0 Å². The lowest BCUT2D eigenvalue weighted by molar-refractivity contribution is -0.115. The van der Waals surface area contributed by atoms with Gasteiger partial charge < -0.3 is 20.7 Å². The summed E-state index contributed by atoms with van der Waals surface area (Å²) in [4.78, 5) is 40.6. The van der Waals surface area contributed by atoms with Crippen LogP contribution in [0.25, 0.3) is 17.2 Å². The molecule has 5 aromatic rings. The van der Waals surface area contributed by atoms with Gasteiger partial charge in [0.1, 0.15) is 22.5 Å². The number of hydrogen-bond acceptors (Lipinski definition) is 7. The third-order valence-corrected chi connectivity index (χ3v) is 9.04. The van der Waals surface area contributed by atoms with E-state index >= 15 is 0 Å². The van der Waals surface area contributed by atoms with Gasteiger partial charge in [0.15, 0.2) is 0 Å². The Labute approximate surface area is 287 Å². The van der Waals surface area contributed by atoms with E-state index in [-0.39, 0.29) is 11.6 Å². The van der Waals surface area contributed by atoms with Gasteiger partial charge in [0.25, 0.3) is 11.8 Å². The number of para-hydroxylation sites is 1. The van der Waals surface area contributed by atoms with Gasteiger partial charge in [0.2, 0.25) is 5.91 Å². The number of thioether (sulfide) groups is 1. The highest BCUT2D eigenvalue weighted by Crippen LogP contribution is 2.36. The van der Waals surface area contributed by atoms with Crippen LogP contribution in [0.3, 0.4) is 0 Å². The molecule has 48 heavy (non-hydrogen) atoms. The predicted molar refractivity (Wildman–Crippen MR) is 193 cm³/mol.